The summed E-state index contributed by atoms with van der Waals surface area (Å²) in [6.07, 6.45) is 2.20. The smallest absolute Gasteiger partial charge is 0.324 e. The van der Waals surface area contributed by atoms with Gasteiger partial charge in [0.2, 0.25) is 5.91 Å². The van der Waals surface area contributed by atoms with Crippen molar-refractivity contribution in [2.24, 2.45) is 0 Å². The van der Waals surface area contributed by atoms with Crippen LogP contribution in [0.5, 0.6) is 0 Å². The summed E-state index contributed by atoms with van der Waals surface area (Å²) >= 11 is 0. The van der Waals surface area contributed by atoms with E-state index in [1.165, 1.54) is 4.90 Å². The van der Waals surface area contributed by atoms with Crippen LogP contribution in [0.2, 0.25) is 0 Å². The van der Waals surface area contributed by atoms with Gasteiger partial charge in [-0.2, -0.15) is 0 Å². The number of carbonyl (C=O) groups excluding carboxylic acids is 3. The molecule has 0 unspecified atom stereocenters. The van der Waals surface area contributed by atoms with Crippen molar-refractivity contribution in [3.8, 4) is 0 Å². The van der Waals surface area contributed by atoms with E-state index in [1.54, 1.807) is 0 Å². The molecule has 0 radical (unpaired) electrons. The minimum absolute atomic E-state index is 0.0306. The van der Waals surface area contributed by atoms with Crippen molar-refractivity contribution in [2.45, 2.75) is 76.5 Å². The second-order valence-corrected chi connectivity index (χ2v) is 9.50. The first-order valence-electron chi connectivity index (χ1n) is 10.3. The van der Waals surface area contributed by atoms with Gasteiger partial charge in [0.25, 0.3) is 5.91 Å². The van der Waals surface area contributed by atoms with Gasteiger partial charge in [-0.05, 0) is 52.5 Å². The maximum atomic E-state index is 12.6. The molecule has 1 atom stereocenters. The number of amides is 4. The highest BCUT2D eigenvalue weighted by atomic mass is 16.2. The van der Waals surface area contributed by atoms with Gasteiger partial charge in [-0.15, -0.1) is 0 Å². The third-order valence-electron chi connectivity index (χ3n) is 5.52. The fourth-order valence-corrected chi connectivity index (χ4v) is 4.71. The fraction of sp³-hybridized carbons (Fsp3) is 0.591. The molecular weight excluding hydrogens is 368 g/mol. The standard InChI is InChI=1S/C22H32N4O3/c1-21(2)13-16(14-22(3,4)25-21)23-18(27)12-17-19(28)26(20(29)24-17)11-10-15-8-6-5-7-9-15/h5-9,16-17,25H,10-14H2,1-4H3,(H,23,27)(H,24,29)/t17-/m0/s1. The van der Waals surface area contributed by atoms with Crippen LogP contribution in [0.15, 0.2) is 30.3 Å². The number of carbonyl (C=O) groups is 3. The van der Waals surface area contributed by atoms with E-state index in [9.17, 15) is 14.4 Å². The number of piperidine rings is 1. The average molecular weight is 401 g/mol. The van der Waals surface area contributed by atoms with Crippen molar-refractivity contribution in [1.82, 2.24) is 20.9 Å². The van der Waals surface area contributed by atoms with Crippen molar-refractivity contribution in [3.05, 3.63) is 35.9 Å². The van der Waals surface area contributed by atoms with Gasteiger partial charge in [0.05, 0.1) is 6.42 Å². The maximum Gasteiger partial charge on any atom is 0.324 e. The molecule has 29 heavy (non-hydrogen) atoms. The highest BCUT2D eigenvalue weighted by Gasteiger charge is 2.41. The van der Waals surface area contributed by atoms with Crippen molar-refractivity contribution in [1.29, 1.82) is 0 Å². The molecule has 0 bridgehead atoms. The summed E-state index contributed by atoms with van der Waals surface area (Å²) in [5.41, 5.74) is 0.904. The molecule has 0 saturated carbocycles. The largest absolute Gasteiger partial charge is 0.353 e. The molecule has 1 aromatic rings. The van der Waals surface area contributed by atoms with Crippen molar-refractivity contribution < 1.29 is 14.4 Å². The van der Waals surface area contributed by atoms with Gasteiger partial charge >= 0.3 is 6.03 Å². The topological polar surface area (TPSA) is 90.5 Å². The van der Waals surface area contributed by atoms with Gasteiger partial charge in [0, 0.05) is 23.7 Å². The highest BCUT2D eigenvalue weighted by Crippen LogP contribution is 2.28. The molecule has 2 heterocycles. The molecule has 3 rings (SSSR count). The van der Waals surface area contributed by atoms with Crippen LogP contribution in [0, 0.1) is 0 Å². The predicted octanol–water partition coefficient (Wildman–Crippen LogP) is 1.96. The lowest BCUT2D eigenvalue weighted by Gasteiger charge is -2.46. The molecule has 4 amide bonds. The number of benzene rings is 1. The summed E-state index contributed by atoms with van der Waals surface area (Å²) in [6, 6.07) is 8.53. The minimum Gasteiger partial charge on any atom is -0.353 e. The maximum absolute atomic E-state index is 12.6. The second kappa shape index (κ2) is 8.14. The molecule has 0 aliphatic carbocycles. The summed E-state index contributed by atoms with van der Waals surface area (Å²) in [7, 11) is 0. The van der Waals surface area contributed by atoms with Crippen LogP contribution in [0.1, 0.15) is 52.5 Å². The summed E-state index contributed by atoms with van der Waals surface area (Å²) in [6.45, 7) is 8.80. The van der Waals surface area contributed by atoms with E-state index in [0.717, 1.165) is 18.4 Å². The fourth-order valence-electron chi connectivity index (χ4n) is 4.71. The Hall–Kier alpha value is -2.41. The Morgan fingerprint density at radius 1 is 1.10 bits per heavy atom. The van der Waals surface area contributed by atoms with Gasteiger partial charge in [-0.25, -0.2) is 4.79 Å². The van der Waals surface area contributed by atoms with Crippen LogP contribution >= 0.6 is 0 Å². The van der Waals surface area contributed by atoms with Crippen molar-refractivity contribution in [2.75, 3.05) is 6.54 Å². The Morgan fingerprint density at radius 3 is 2.34 bits per heavy atom. The van der Waals surface area contributed by atoms with Gasteiger partial charge in [0.1, 0.15) is 6.04 Å². The van der Waals surface area contributed by atoms with Gasteiger partial charge < -0.3 is 16.0 Å². The van der Waals surface area contributed by atoms with E-state index in [1.807, 2.05) is 30.3 Å². The summed E-state index contributed by atoms with van der Waals surface area (Å²) < 4.78 is 0. The highest BCUT2D eigenvalue weighted by molar-refractivity contribution is 6.05. The van der Waals surface area contributed by atoms with E-state index in [-0.39, 0.29) is 35.4 Å². The lowest BCUT2D eigenvalue weighted by atomic mass is 9.79. The lowest BCUT2D eigenvalue weighted by Crippen LogP contribution is -2.62. The van der Waals surface area contributed by atoms with Crippen molar-refractivity contribution >= 4 is 17.8 Å². The summed E-state index contributed by atoms with van der Waals surface area (Å²) in [4.78, 5) is 38.6. The van der Waals surface area contributed by atoms with Crippen LogP contribution < -0.4 is 16.0 Å². The zero-order valence-electron chi connectivity index (χ0n) is 17.7. The lowest BCUT2D eigenvalue weighted by molar-refractivity contribution is -0.131. The first-order valence-corrected chi connectivity index (χ1v) is 10.3. The quantitative estimate of drug-likeness (QED) is 0.637. The van der Waals surface area contributed by atoms with Crippen molar-refractivity contribution in [3.63, 3.8) is 0 Å². The first-order chi connectivity index (χ1) is 13.5. The Kier molecular flexibility index (Phi) is 5.98. The van der Waals surface area contributed by atoms with E-state index >= 15 is 0 Å². The van der Waals surface area contributed by atoms with Gasteiger partial charge in [-0.1, -0.05) is 30.3 Å². The molecule has 0 spiro atoms. The number of nitrogens with zero attached hydrogens (tertiary/aromatic N) is 1. The number of nitrogens with one attached hydrogen (secondary N) is 3. The number of hydrogen-bond acceptors (Lipinski definition) is 4. The van der Waals surface area contributed by atoms with E-state index in [4.69, 9.17) is 0 Å². The molecule has 3 N–H and O–H groups in total. The molecule has 1 aromatic carbocycles. The Morgan fingerprint density at radius 2 is 1.72 bits per heavy atom. The Bertz CT molecular complexity index is 760. The molecule has 7 nitrogen and oxygen atoms in total. The van der Waals surface area contributed by atoms with E-state index in [2.05, 4.69) is 43.6 Å². The molecular formula is C22H32N4O3. The minimum atomic E-state index is -0.791. The van der Waals surface area contributed by atoms with Crippen LogP contribution in [0.3, 0.4) is 0 Å². The van der Waals surface area contributed by atoms with E-state index in [0.29, 0.717) is 13.0 Å². The normalized spacial score (nSPS) is 23.7. The Labute approximate surface area is 172 Å². The van der Waals surface area contributed by atoms with Crippen LogP contribution in [-0.2, 0) is 16.0 Å². The zero-order chi connectivity index (χ0) is 21.2. The second-order valence-electron chi connectivity index (χ2n) is 9.50. The monoisotopic (exact) mass is 400 g/mol. The molecule has 158 valence electrons. The summed E-state index contributed by atoms with van der Waals surface area (Å²) in [5, 5.41) is 9.30. The molecule has 2 fully saturated rings. The van der Waals surface area contributed by atoms with Gasteiger partial charge in [-0.3, -0.25) is 14.5 Å². The number of rotatable bonds is 6. The van der Waals surface area contributed by atoms with E-state index < -0.39 is 12.1 Å². The first kappa shape index (κ1) is 21.3. The number of imide groups is 1. The predicted molar refractivity (Wildman–Crippen MR) is 111 cm³/mol. The van der Waals surface area contributed by atoms with Gasteiger partial charge in [0.15, 0.2) is 0 Å². The van der Waals surface area contributed by atoms with Crippen LogP contribution in [0.25, 0.3) is 0 Å². The SMILES string of the molecule is CC1(C)CC(NC(=O)C[C@@H]2NC(=O)N(CCc3ccccc3)C2=O)CC(C)(C)N1. The molecule has 2 aliphatic heterocycles. The third-order valence-corrected chi connectivity index (χ3v) is 5.52. The zero-order valence-corrected chi connectivity index (χ0v) is 17.7. The van der Waals surface area contributed by atoms with Crippen LogP contribution in [-0.4, -0.2) is 52.5 Å². The number of urea groups is 1. The average Bonchev–Trinajstić information content (AvgIpc) is 2.84. The molecule has 2 saturated heterocycles. The Balaban J connectivity index is 1.53. The third kappa shape index (κ3) is 5.56. The number of hydrogen-bond donors (Lipinski definition) is 3. The molecule has 7 heteroatoms. The molecule has 0 aromatic heterocycles. The van der Waals surface area contributed by atoms with Crippen LogP contribution in [0.4, 0.5) is 4.79 Å². The summed E-state index contributed by atoms with van der Waals surface area (Å²) in [5.74, 6) is -0.529. The molecule has 2 aliphatic rings.